The molecule has 2 rings (SSSR count). The van der Waals surface area contributed by atoms with Gasteiger partial charge in [0, 0.05) is 7.11 Å². The fourth-order valence-corrected chi connectivity index (χ4v) is 2.15. The Morgan fingerprint density at radius 2 is 2.07 bits per heavy atom. The number of fused-ring (bicyclic) bond motifs is 1. The van der Waals surface area contributed by atoms with Gasteiger partial charge in [-0.1, -0.05) is 12.1 Å². The highest BCUT2D eigenvalue weighted by Crippen LogP contribution is 2.28. The van der Waals surface area contributed by atoms with Gasteiger partial charge in [0.05, 0.1) is 6.10 Å². The second-order valence-electron chi connectivity index (χ2n) is 3.85. The molecule has 0 radical (unpaired) electrons. The van der Waals surface area contributed by atoms with Crippen molar-refractivity contribution < 1.29 is 9.84 Å². The highest BCUT2D eigenvalue weighted by atomic mass is 16.5. The second-order valence-corrected chi connectivity index (χ2v) is 3.85. The van der Waals surface area contributed by atoms with Crippen molar-refractivity contribution in [2.45, 2.75) is 31.8 Å². The SMILES string of the molecule is COC1CCc2cccc(O)c2CC1. The zero-order valence-electron chi connectivity index (χ0n) is 8.49. The lowest BCUT2D eigenvalue weighted by atomic mass is 10.0. The number of phenols is 1. The van der Waals surface area contributed by atoms with E-state index in [2.05, 4.69) is 6.07 Å². The topological polar surface area (TPSA) is 29.5 Å². The molecule has 14 heavy (non-hydrogen) atoms. The van der Waals surface area contributed by atoms with Crippen molar-refractivity contribution in [3.63, 3.8) is 0 Å². The van der Waals surface area contributed by atoms with Gasteiger partial charge < -0.3 is 9.84 Å². The summed E-state index contributed by atoms with van der Waals surface area (Å²) in [6, 6.07) is 5.79. The molecule has 0 amide bonds. The summed E-state index contributed by atoms with van der Waals surface area (Å²) in [5, 5.41) is 9.70. The summed E-state index contributed by atoms with van der Waals surface area (Å²) >= 11 is 0. The van der Waals surface area contributed by atoms with E-state index in [0.717, 1.165) is 31.2 Å². The third-order valence-electron chi connectivity index (χ3n) is 3.03. The molecule has 0 aliphatic heterocycles. The van der Waals surface area contributed by atoms with Crippen LogP contribution in [0.25, 0.3) is 0 Å². The Bertz CT molecular complexity index is 320. The third-order valence-corrected chi connectivity index (χ3v) is 3.03. The Hall–Kier alpha value is -1.02. The van der Waals surface area contributed by atoms with Crippen LogP contribution in [0.1, 0.15) is 24.0 Å². The maximum Gasteiger partial charge on any atom is 0.119 e. The zero-order chi connectivity index (χ0) is 9.97. The minimum Gasteiger partial charge on any atom is -0.508 e. The number of aromatic hydroxyl groups is 1. The van der Waals surface area contributed by atoms with Crippen molar-refractivity contribution in [3.8, 4) is 5.75 Å². The lowest BCUT2D eigenvalue weighted by Crippen LogP contribution is -2.09. The molecule has 0 spiro atoms. The number of hydrogen-bond acceptors (Lipinski definition) is 2. The molecule has 1 aromatic rings. The van der Waals surface area contributed by atoms with Crippen LogP contribution < -0.4 is 0 Å². The number of ether oxygens (including phenoxy) is 1. The van der Waals surface area contributed by atoms with Gasteiger partial charge in [-0.05, 0) is 42.9 Å². The van der Waals surface area contributed by atoms with Crippen molar-refractivity contribution in [1.29, 1.82) is 0 Å². The largest absolute Gasteiger partial charge is 0.508 e. The molecule has 0 saturated carbocycles. The van der Waals surface area contributed by atoms with Crippen LogP contribution in [0.3, 0.4) is 0 Å². The summed E-state index contributed by atoms with van der Waals surface area (Å²) < 4.78 is 5.36. The lowest BCUT2D eigenvalue weighted by molar-refractivity contribution is 0.0907. The fraction of sp³-hybridized carbons (Fsp3) is 0.500. The van der Waals surface area contributed by atoms with E-state index in [-0.39, 0.29) is 0 Å². The van der Waals surface area contributed by atoms with Crippen molar-refractivity contribution in [1.82, 2.24) is 0 Å². The van der Waals surface area contributed by atoms with Gasteiger partial charge in [0.2, 0.25) is 0 Å². The third kappa shape index (κ3) is 1.75. The van der Waals surface area contributed by atoms with Crippen molar-refractivity contribution in [2.24, 2.45) is 0 Å². The summed E-state index contributed by atoms with van der Waals surface area (Å²) in [6.07, 6.45) is 4.37. The van der Waals surface area contributed by atoms with Gasteiger partial charge >= 0.3 is 0 Å². The normalized spacial score (nSPS) is 21.4. The molecule has 1 unspecified atom stereocenters. The molecule has 0 saturated heterocycles. The molecule has 2 heteroatoms. The first-order valence-electron chi connectivity index (χ1n) is 5.14. The summed E-state index contributed by atoms with van der Waals surface area (Å²) in [5.74, 6) is 0.444. The number of benzene rings is 1. The molecule has 1 atom stereocenters. The molecular formula is C12H16O2. The maximum atomic E-state index is 9.70. The molecule has 1 aliphatic rings. The van der Waals surface area contributed by atoms with Crippen LogP contribution in [0.15, 0.2) is 18.2 Å². The molecule has 76 valence electrons. The number of phenolic OH excluding ortho intramolecular Hbond substituents is 1. The van der Waals surface area contributed by atoms with Gasteiger partial charge in [0.1, 0.15) is 5.75 Å². The summed E-state index contributed by atoms with van der Waals surface area (Å²) in [4.78, 5) is 0. The molecule has 2 nitrogen and oxygen atoms in total. The minimum atomic E-state index is 0.349. The highest BCUT2D eigenvalue weighted by molar-refractivity contribution is 5.40. The molecular weight excluding hydrogens is 176 g/mol. The van der Waals surface area contributed by atoms with Crippen molar-refractivity contribution >= 4 is 0 Å². The van der Waals surface area contributed by atoms with Crippen LogP contribution in [0.5, 0.6) is 5.75 Å². The highest BCUT2D eigenvalue weighted by Gasteiger charge is 2.17. The van der Waals surface area contributed by atoms with E-state index in [1.54, 1.807) is 13.2 Å². The molecule has 0 aromatic heterocycles. The molecule has 1 N–H and O–H groups in total. The van der Waals surface area contributed by atoms with E-state index in [4.69, 9.17) is 4.74 Å². The van der Waals surface area contributed by atoms with Crippen molar-refractivity contribution in [3.05, 3.63) is 29.3 Å². The Morgan fingerprint density at radius 1 is 1.29 bits per heavy atom. The number of aryl methyl sites for hydroxylation is 1. The number of methoxy groups -OCH3 is 1. The van der Waals surface area contributed by atoms with Gasteiger partial charge in [0.15, 0.2) is 0 Å². The first-order valence-corrected chi connectivity index (χ1v) is 5.14. The minimum absolute atomic E-state index is 0.349. The molecule has 0 heterocycles. The molecule has 0 fully saturated rings. The Labute approximate surface area is 84.5 Å². The maximum absolute atomic E-state index is 9.70. The first-order chi connectivity index (χ1) is 6.81. The van der Waals surface area contributed by atoms with Crippen LogP contribution in [0, 0.1) is 0 Å². The second kappa shape index (κ2) is 4.01. The smallest absolute Gasteiger partial charge is 0.119 e. The number of rotatable bonds is 1. The van der Waals surface area contributed by atoms with E-state index in [1.807, 2.05) is 6.07 Å². The van der Waals surface area contributed by atoms with Crippen LogP contribution in [-0.2, 0) is 17.6 Å². The summed E-state index contributed by atoms with van der Waals surface area (Å²) in [5.41, 5.74) is 2.40. The standard InChI is InChI=1S/C12H16O2/c1-14-10-6-5-9-3-2-4-12(13)11(9)8-7-10/h2-4,10,13H,5-8H2,1H3. The van der Waals surface area contributed by atoms with Gasteiger partial charge in [0.25, 0.3) is 0 Å². The Kier molecular flexibility index (Phi) is 2.73. The first kappa shape index (κ1) is 9.53. The Balaban J connectivity index is 2.25. The predicted molar refractivity (Wildman–Crippen MR) is 55.5 cm³/mol. The predicted octanol–water partition coefficient (Wildman–Crippen LogP) is 2.29. The van der Waals surface area contributed by atoms with E-state index in [9.17, 15) is 5.11 Å². The van der Waals surface area contributed by atoms with Crippen LogP contribution in [0.2, 0.25) is 0 Å². The quantitative estimate of drug-likeness (QED) is 0.692. The van der Waals surface area contributed by atoms with Crippen LogP contribution in [-0.4, -0.2) is 18.3 Å². The van der Waals surface area contributed by atoms with Crippen LogP contribution >= 0.6 is 0 Å². The van der Waals surface area contributed by atoms with Gasteiger partial charge in [-0.25, -0.2) is 0 Å². The average Bonchev–Trinajstić information content (AvgIpc) is 2.41. The Morgan fingerprint density at radius 3 is 2.86 bits per heavy atom. The van der Waals surface area contributed by atoms with E-state index in [1.165, 1.54) is 5.56 Å². The van der Waals surface area contributed by atoms with Gasteiger partial charge in [-0.2, -0.15) is 0 Å². The van der Waals surface area contributed by atoms with Crippen LogP contribution in [0.4, 0.5) is 0 Å². The van der Waals surface area contributed by atoms with Crippen molar-refractivity contribution in [2.75, 3.05) is 7.11 Å². The lowest BCUT2D eigenvalue weighted by Gasteiger charge is -2.10. The monoisotopic (exact) mass is 192 g/mol. The fourth-order valence-electron chi connectivity index (χ4n) is 2.15. The summed E-state index contributed by atoms with van der Waals surface area (Å²) in [7, 11) is 1.76. The van der Waals surface area contributed by atoms with E-state index in [0.29, 0.717) is 11.9 Å². The molecule has 0 bridgehead atoms. The van der Waals surface area contributed by atoms with E-state index >= 15 is 0 Å². The van der Waals surface area contributed by atoms with Gasteiger partial charge in [-0.3, -0.25) is 0 Å². The van der Waals surface area contributed by atoms with E-state index < -0.39 is 0 Å². The zero-order valence-corrected chi connectivity index (χ0v) is 8.49. The molecule has 1 aromatic carbocycles. The molecule has 1 aliphatic carbocycles. The van der Waals surface area contributed by atoms with Gasteiger partial charge in [-0.15, -0.1) is 0 Å². The summed E-state index contributed by atoms with van der Waals surface area (Å²) in [6.45, 7) is 0. The average molecular weight is 192 g/mol. The number of hydrogen-bond donors (Lipinski definition) is 1.